The Kier molecular flexibility index (Phi) is 6.61. The van der Waals surface area contributed by atoms with Crippen molar-refractivity contribution < 1.29 is 9.53 Å². The molecule has 0 bridgehead atoms. The fraction of sp³-hybridized carbons (Fsp3) is 0.217. The minimum absolute atomic E-state index is 0.127. The third-order valence-electron chi connectivity index (χ3n) is 4.26. The molecule has 4 nitrogen and oxygen atoms in total. The summed E-state index contributed by atoms with van der Waals surface area (Å²) >= 11 is 1.58. The standard InChI is InChI=1S/C23H24N2O2S/c1-4-27-20-12-10-18(11-13-20)14-21(19-8-6-5-7-9-19)23(26)24-16(2)22-15-28-17(3)25-22/h5-16H,4H2,1-3H3,(H,24,26)/b21-14+. The molecule has 0 radical (unpaired) electrons. The molecule has 0 spiro atoms. The Labute approximate surface area is 169 Å². The lowest BCUT2D eigenvalue weighted by molar-refractivity contribution is -0.116. The lowest BCUT2D eigenvalue weighted by Gasteiger charge is -2.14. The van der Waals surface area contributed by atoms with Crippen LogP contribution >= 0.6 is 11.3 Å². The summed E-state index contributed by atoms with van der Waals surface area (Å²) < 4.78 is 5.50. The van der Waals surface area contributed by atoms with Gasteiger partial charge in [0.15, 0.2) is 0 Å². The van der Waals surface area contributed by atoms with Gasteiger partial charge in [0.2, 0.25) is 0 Å². The molecule has 1 amide bonds. The number of hydrogen-bond donors (Lipinski definition) is 1. The summed E-state index contributed by atoms with van der Waals surface area (Å²) in [5.41, 5.74) is 3.30. The van der Waals surface area contributed by atoms with E-state index < -0.39 is 0 Å². The Morgan fingerprint density at radius 3 is 2.50 bits per heavy atom. The first-order chi connectivity index (χ1) is 13.6. The van der Waals surface area contributed by atoms with Gasteiger partial charge in [0.25, 0.3) is 5.91 Å². The van der Waals surface area contributed by atoms with E-state index in [1.165, 1.54) is 0 Å². The van der Waals surface area contributed by atoms with Crippen LogP contribution in [0.25, 0.3) is 11.6 Å². The second kappa shape index (κ2) is 9.33. The summed E-state index contributed by atoms with van der Waals surface area (Å²) in [7, 11) is 0. The van der Waals surface area contributed by atoms with Crippen molar-refractivity contribution in [1.29, 1.82) is 0 Å². The zero-order valence-electron chi connectivity index (χ0n) is 16.3. The van der Waals surface area contributed by atoms with E-state index in [-0.39, 0.29) is 11.9 Å². The number of benzene rings is 2. The van der Waals surface area contributed by atoms with Gasteiger partial charge in [-0.2, -0.15) is 0 Å². The van der Waals surface area contributed by atoms with Crippen LogP contribution in [0.3, 0.4) is 0 Å². The molecule has 5 heteroatoms. The van der Waals surface area contributed by atoms with E-state index in [4.69, 9.17) is 4.74 Å². The Balaban J connectivity index is 1.87. The van der Waals surface area contributed by atoms with E-state index in [9.17, 15) is 4.79 Å². The smallest absolute Gasteiger partial charge is 0.252 e. The molecule has 0 fully saturated rings. The third-order valence-corrected chi connectivity index (χ3v) is 5.05. The molecule has 1 N–H and O–H groups in total. The highest BCUT2D eigenvalue weighted by Crippen LogP contribution is 2.22. The number of carbonyl (C=O) groups is 1. The molecule has 2 aromatic carbocycles. The monoisotopic (exact) mass is 392 g/mol. The molecule has 1 unspecified atom stereocenters. The zero-order valence-corrected chi connectivity index (χ0v) is 17.1. The fourth-order valence-corrected chi connectivity index (χ4v) is 3.52. The Morgan fingerprint density at radius 2 is 1.89 bits per heavy atom. The van der Waals surface area contributed by atoms with Gasteiger partial charge in [0.05, 0.1) is 23.4 Å². The number of nitrogens with zero attached hydrogens (tertiary/aromatic N) is 1. The highest BCUT2D eigenvalue weighted by Gasteiger charge is 2.17. The van der Waals surface area contributed by atoms with Crippen molar-refractivity contribution in [3.05, 3.63) is 81.8 Å². The molecule has 0 aliphatic rings. The van der Waals surface area contributed by atoms with Crippen LogP contribution in [0, 0.1) is 6.92 Å². The number of carbonyl (C=O) groups excluding carboxylic acids is 1. The molecular weight excluding hydrogens is 368 g/mol. The first-order valence-corrected chi connectivity index (χ1v) is 10.2. The number of rotatable bonds is 7. The number of hydrogen-bond acceptors (Lipinski definition) is 4. The molecule has 144 valence electrons. The van der Waals surface area contributed by atoms with Gasteiger partial charge >= 0.3 is 0 Å². The molecule has 1 aromatic heterocycles. The van der Waals surface area contributed by atoms with Gasteiger partial charge in [-0.3, -0.25) is 4.79 Å². The number of ether oxygens (including phenoxy) is 1. The summed E-state index contributed by atoms with van der Waals surface area (Å²) in [5.74, 6) is 0.691. The van der Waals surface area contributed by atoms with E-state index in [0.717, 1.165) is 27.6 Å². The summed E-state index contributed by atoms with van der Waals surface area (Å²) in [6, 6.07) is 17.3. The molecule has 3 rings (SSSR count). The van der Waals surface area contributed by atoms with Crippen LogP contribution < -0.4 is 10.1 Å². The van der Waals surface area contributed by atoms with Gasteiger partial charge in [-0.1, -0.05) is 42.5 Å². The maximum absolute atomic E-state index is 13.1. The first-order valence-electron chi connectivity index (χ1n) is 9.29. The molecule has 3 aromatic rings. The number of thiazole rings is 1. The van der Waals surface area contributed by atoms with Crippen molar-refractivity contribution in [2.75, 3.05) is 6.61 Å². The predicted octanol–water partition coefficient (Wildman–Crippen LogP) is 5.27. The zero-order chi connectivity index (χ0) is 19.9. The fourth-order valence-electron chi connectivity index (χ4n) is 2.82. The largest absolute Gasteiger partial charge is 0.494 e. The van der Waals surface area contributed by atoms with Gasteiger partial charge < -0.3 is 10.1 Å². The van der Waals surface area contributed by atoms with Crippen LogP contribution in [0.5, 0.6) is 5.75 Å². The van der Waals surface area contributed by atoms with Gasteiger partial charge in [-0.25, -0.2) is 4.98 Å². The minimum Gasteiger partial charge on any atom is -0.494 e. The normalized spacial score (nSPS) is 12.5. The summed E-state index contributed by atoms with van der Waals surface area (Å²) in [5, 5.41) is 6.05. The van der Waals surface area contributed by atoms with Crippen LogP contribution in [0.1, 0.15) is 41.7 Å². The van der Waals surface area contributed by atoms with Crippen molar-refractivity contribution in [2.24, 2.45) is 0 Å². The minimum atomic E-state index is -0.162. The Bertz CT molecular complexity index is 946. The number of aryl methyl sites for hydroxylation is 1. The van der Waals surface area contributed by atoms with E-state index in [0.29, 0.717) is 12.2 Å². The molecular formula is C23H24N2O2S. The van der Waals surface area contributed by atoms with Crippen molar-refractivity contribution >= 4 is 28.9 Å². The van der Waals surface area contributed by atoms with Crippen LogP contribution in [0.4, 0.5) is 0 Å². The van der Waals surface area contributed by atoms with Gasteiger partial charge in [0, 0.05) is 11.0 Å². The number of amides is 1. The average Bonchev–Trinajstić information content (AvgIpc) is 3.15. The Hall–Kier alpha value is -2.92. The van der Waals surface area contributed by atoms with E-state index >= 15 is 0 Å². The topological polar surface area (TPSA) is 51.2 Å². The summed E-state index contributed by atoms with van der Waals surface area (Å²) in [6.45, 7) is 6.49. The lowest BCUT2D eigenvalue weighted by Crippen LogP contribution is -2.27. The third kappa shape index (κ3) is 5.08. The van der Waals surface area contributed by atoms with Crippen LogP contribution in [-0.2, 0) is 4.79 Å². The van der Waals surface area contributed by atoms with Crippen LogP contribution in [0.15, 0.2) is 60.0 Å². The molecule has 0 aliphatic carbocycles. The first kappa shape index (κ1) is 19.8. The average molecular weight is 393 g/mol. The molecule has 1 heterocycles. The second-order valence-corrected chi connectivity index (χ2v) is 7.47. The van der Waals surface area contributed by atoms with Gasteiger partial charge in [-0.05, 0) is 50.1 Å². The van der Waals surface area contributed by atoms with Crippen molar-refractivity contribution in [3.8, 4) is 5.75 Å². The molecule has 28 heavy (non-hydrogen) atoms. The van der Waals surface area contributed by atoms with Crippen molar-refractivity contribution in [3.63, 3.8) is 0 Å². The maximum Gasteiger partial charge on any atom is 0.252 e. The van der Waals surface area contributed by atoms with Crippen molar-refractivity contribution in [2.45, 2.75) is 26.8 Å². The van der Waals surface area contributed by atoms with Crippen LogP contribution in [0.2, 0.25) is 0 Å². The summed E-state index contributed by atoms with van der Waals surface area (Å²) in [4.78, 5) is 17.6. The lowest BCUT2D eigenvalue weighted by atomic mass is 10.0. The molecule has 0 saturated carbocycles. The molecule has 1 atom stereocenters. The number of nitrogens with one attached hydrogen (secondary N) is 1. The van der Waals surface area contributed by atoms with E-state index in [2.05, 4.69) is 10.3 Å². The SMILES string of the molecule is CCOc1ccc(/C=C(/C(=O)NC(C)c2csc(C)n2)c2ccccc2)cc1. The predicted molar refractivity (Wildman–Crippen MR) is 115 cm³/mol. The molecule has 0 saturated heterocycles. The van der Waals surface area contributed by atoms with E-state index in [1.54, 1.807) is 11.3 Å². The van der Waals surface area contributed by atoms with E-state index in [1.807, 2.05) is 86.8 Å². The Morgan fingerprint density at radius 1 is 1.18 bits per heavy atom. The highest BCUT2D eigenvalue weighted by atomic mass is 32.1. The number of aromatic nitrogens is 1. The molecule has 0 aliphatic heterocycles. The van der Waals surface area contributed by atoms with Gasteiger partial charge in [-0.15, -0.1) is 11.3 Å². The maximum atomic E-state index is 13.1. The quantitative estimate of drug-likeness (QED) is 0.440. The van der Waals surface area contributed by atoms with Crippen LogP contribution in [-0.4, -0.2) is 17.5 Å². The highest BCUT2D eigenvalue weighted by molar-refractivity contribution is 7.09. The van der Waals surface area contributed by atoms with Gasteiger partial charge in [0.1, 0.15) is 5.75 Å². The summed E-state index contributed by atoms with van der Waals surface area (Å²) in [6.07, 6.45) is 1.90. The second-order valence-electron chi connectivity index (χ2n) is 6.41. The van der Waals surface area contributed by atoms with Crippen molar-refractivity contribution in [1.82, 2.24) is 10.3 Å².